The Labute approximate surface area is 119 Å². The van der Waals surface area contributed by atoms with E-state index < -0.39 is 0 Å². The lowest BCUT2D eigenvalue weighted by Crippen LogP contribution is -2.39. The van der Waals surface area contributed by atoms with Gasteiger partial charge in [0.1, 0.15) is 5.76 Å². The molecule has 0 bridgehead atoms. The Morgan fingerprint density at radius 1 is 1.25 bits per heavy atom. The van der Waals surface area contributed by atoms with E-state index in [-0.39, 0.29) is 5.91 Å². The van der Waals surface area contributed by atoms with Crippen LogP contribution in [-0.2, 0) is 0 Å². The average Bonchev–Trinajstić information content (AvgIpc) is 3.01. The molecule has 3 rings (SSSR count). The highest BCUT2D eigenvalue weighted by atomic mass is 16.3. The van der Waals surface area contributed by atoms with Crippen molar-refractivity contribution in [2.45, 2.75) is 19.8 Å². The number of furan rings is 1. The molecule has 1 aromatic heterocycles. The second-order valence-electron chi connectivity index (χ2n) is 5.55. The normalized spacial score (nSPS) is 19.1. The molecule has 20 heavy (non-hydrogen) atoms. The first-order valence-electron chi connectivity index (χ1n) is 7.17. The molecule has 1 fully saturated rings. The van der Waals surface area contributed by atoms with E-state index in [0.29, 0.717) is 5.92 Å². The topological polar surface area (TPSA) is 33.5 Å². The molecule has 1 aliphatic heterocycles. The Hall–Kier alpha value is -2.03. The largest absolute Gasteiger partial charge is 0.464 e. The Morgan fingerprint density at radius 2 is 2.05 bits per heavy atom. The quantitative estimate of drug-likeness (QED) is 0.830. The third kappa shape index (κ3) is 2.62. The van der Waals surface area contributed by atoms with Crippen molar-refractivity contribution in [2.75, 3.05) is 13.1 Å². The summed E-state index contributed by atoms with van der Waals surface area (Å²) in [5, 5.41) is 0. The molecule has 1 aromatic carbocycles. The number of hydrogen-bond acceptors (Lipinski definition) is 2. The Morgan fingerprint density at radius 3 is 2.70 bits per heavy atom. The lowest BCUT2D eigenvalue weighted by atomic mass is 9.99. The van der Waals surface area contributed by atoms with Gasteiger partial charge >= 0.3 is 0 Å². The van der Waals surface area contributed by atoms with E-state index in [9.17, 15) is 4.79 Å². The maximum Gasteiger partial charge on any atom is 0.253 e. The predicted octanol–water partition coefficient (Wildman–Crippen LogP) is 3.82. The van der Waals surface area contributed by atoms with E-state index >= 15 is 0 Å². The molecule has 3 nitrogen and oxygen atoms in total. The summed E-state index contributed by atoms with van der Waals surface area (Å²) >= 11 is 0. The van der Waals surface area contributed by atoms with Gasteiger partial charge in [-0.15, -0.1) is 0 Å². The summed E-state index contributed by atoms with van der Waals surface area (Å²) in [5.41, 5.74) is 1.76. The van der Waals surface area contributed by atoms with Crippen molar-refractivity contribution in [1.82, 2.24) is 4.90 Å². The molecular formula is C17H19NO2. The zero-order valence-corrected chi connectivity index (χ0v) is 11.7. The van der Waals surface area contributed by atoms with Crippen molar-refractivity contribution in [3.63, 3.8) is 0 Å². The van der Waals surface area contributed by atoms with Crippen LogP contribution in [0.15, 0.2) is 47.1 Å². The van der Waals surface area contributed by atoms with Crippen LogP contribution in [0.4, 0.5) is 0 Å². The first-order chi connectivity index (χ1) is 9.74. The molecule has 0 radical (unpaired) electrons. The van der Waals surface area contributed by atoms with Crippen LogP contribution in [0.25, 0.3) is 11.3 Å². The fourth-order valence-corrected chi connectivity index (χ4v) is 2.78. The predicted molar refractivity (Wildman–Crippen MR) is 78.4 cm³/mol. The Bertz CT molecular complexity index is 572. The van der Waals surface area contributed by atoms with Crippen LogP contribution in [0.3, 0.4) is 0 Å². The molecule has 0 N–H and O–H groups in total. The van der Waals surface area contributed by atoms with Gasteiger partial charge in [0.05, 0.1) is 6.26 Å². The number of carbonyl (C=O) groups is 1. The Kier molecular flexibility index (Phi) is 3.59. The van der Waals surface area contributed by atoms with Gasteiger partial charge in [-0.3, -0.25) is 4.79 Å². The lowest BCUT2D eigenvalue weighted by Gasteiger charge is -2.31. The van der Waals surface area contributed by atoms with Gasteiger partial charge in [0.15, 0.2) is 0 Å². The summed E-state index contributed by atoms with van der Waals surface area (Å²) < 4.78 is 5.35. The molecule has 1 unspecified atom stereocenters. The molecule has 1 saturated heterocycles. The van der Waals surface area contributed by atoms with Gasteiger partial charge in [0.25, 0.3) is 5.91 Å². The van der Waals surface area contributed by atoms with E-state index in [4.69, 9.17) is 4.42 Å². The molecular weight excluding hydrogens is 250 g/mol. The number of hydrogen-bond donors (Lipinski definition) is 0. The van der Waals surface area contributed by atoms with Gasteiger partial charge in [-0.1, -0.05) is 19.1 Å². The zero-order valence-electron chi connectivity index (χ0n) is 11.7. The average molecular weight is 269 g/mol. The van der Waals surface area contributed by atoms with Crippen LogP contribution in [-0.4, -0.2) is 23.9 Å². The monoisotopic (exact) mass is 269 g/mol. The second kappa shape index (κ2) is 5.53. The first-order valence-corrected chi connectivity index (χ1v) is 7.17. The highest BCUT2D eigenvalue weighted by Crippen LogP contribution is 2.22. The van der Waals surface area contributed by atoms with E-state index in [1.165, 1.54) is 6.42 Å². The van der Waals surface area contributed by atoms with Gasteiger partial charge < -0.3 is 9.32 Å². The maximum absolute atomic E-state index is 12.4. The van der Waals surface area contributed by atoms with Crippen molar-refractivity contribution in [3.05, 3.63) is 48.2 Å². The summed E-state index contributed by atoms with van der Waals surface area (Å²) in [4.78, 5) is 14.4. The van der Waals surface area contributed by atoms with Crippen LogP contribution >= 0.6 is 0 Å². The highest BCUT2D eigenvalue weighted by molar-refractivity contribution is 5.94. The van der Waals surface area contributed by atoms with Crippen molar-refractivity contribution < 1.29 is 9.21 Å². The van der Waals surface area contributed by atoms with E-state index in [1.54, 1.807) is 6.26 Å². The summed E-state index contributed by atoms with van der Waals surface area (Å²) in [6, 6.07) is 11.4. The van der Waals surface area contributed by atoms with Crippen LogP contribution < -0.4 is 0 Å². The number of carbonyl (C=O) groups excluding carboxylic acids is 1. The van der Waals surface area contributed by atoms with Gasteiger partial charge in [-0.05, 0) is 43.0 Å². The van der Waals surface area contributed by atoms with Crippen molar-refractivity contribution in [2.24, 2.45) is 5.92 Å². The summed E-state index contributed by atoms with van der Waals surface area (Å²) in [5.74, 6) is 1.58. The van der Waals surface area contributed by atoms with E-state index in [1.807, 2.05) is 41.3 Å². The Balaban J connectivity index is 1.75. The van der Waals surface area contributed by atoms with Gasteiger partial charge in [0, 0.05) is 24.2 Å². The summed E-state index contributed by atoms with van der Waals surface area (Å²) in [6.07, 6.45) is 3.99. The van der Waals surface area contributed by atoms with Crippen LogP contribution in [0.2, 0.25) is 0 Å². The third-order valence-electron chi connectivity index (χ3n) is 3.88. The standard InChI is InChI=1S/C17H19NO2/c1-13-4-2-10-18(12-13)17(19)15-8-6-14(7-9-15)16-5-3-11-20-16/h3,5-9,11,13H,2,4,10,12H2,1H3. The lowest BCUT2D eigenvalue weighted by molar-refractivity contribution is 0.0683. The van der Waals surface area contributed by atoms with Gasteiger partial charge in [-0.2, -0.15) is 0 Å². The molecule has 2 aromatic rings. The SMILES string of the molecule is CC1CCCN(C(=O)c2ccc(-c3ccco3)cc2)C1. The number of piperidine rings is 1. The minimum absolute atomic E-state index is 0.141. The second-order valence-corrected chi connectivity index (χ2v) is 5.55. The molecule has 0 saturated carbocycles. The first kappa shape index (κ1) is 13.0. The van der Waals surface area contributed by atoms with Crippen molar-refractivity contribution in [1.29, 1.82) is 0 Å². The van der Waals surface area contributed by atoms with Crippen molar-refractivity contribution >= 4 is 5.91 Å². The molecule has 1 atom stereocenters. The zero-order chi connectivity index (χ0) is 13.9. The van der Waals surface area contributed by atoms with Crippen LogP contribution in [0, 0.1) is 5.92 Å². The number of likely N-dealkylation sites (tertiary alicyclic amines) is 1. The number of nitrogens with zero attached hydrogens (tertiary/aromatic N) is 1. The van der Waals surface area contributed by atoms with Gasteiger partial charge in [0.2, 0.25) is 0 Å². The number of amides is 1. The van der Waals surface area contributed by atoms with Crippen molar-refractivity contribution in [3.8, 4) is 11.3 Å². The minimum atomic E-state index is 0.141. The van der Waals surface area contributed by atoms with Crippen LogP contribution in [0.5, 0.6) is 0 Å². The van der Waals surface area contributed by atoms with E-state index in [2.05, 4.69) is 6.92 Å². The molecule has 0 aliphatic carbocycles. The molecule has 2 heterocycles. The third-order valence-corrected chi connectivity index (χ3v) is 3.88. The number of benzene rings is 1. The highest BCUT2D eigenvalue weighted by Gasteiger charge is 2.21. The summed E-state index contributed by atoms with van der Waals surface area (Å²) in [7, 11) is 0. The van der Waals surface area contributed by atoms with Gasteiger partial charge in [-0.25, -0.2) is 0 Å². The fourth-order valence-electron chi connectivity index (χ4n) is 2.78. The minimum Gasteiger partial charge on any atom is -0.464 e. The maximum atomic E-state index is 12.4. The fraction of sp³-hybridized carbons (Fsp3) is 0.353. The van der Waals surface area contributed by atoms with Crippen LogP contribution in [0.1, 0.15) is 30.1 Å². The molecule has 1 amide bonds. The van der Waals surface area contributed by atoms with E-state index in [0.717, 1.165) is 36.4 Å². The molecule has 1 aliphatic rings. The summed E-state index contributed by atoms with van der Waals surface area (Å²) in [6.45, 7) is 3.96. The smallest absolute Gasteiger partial charge is 0.253 e. The molecule has 3 heteroatoms. The number of rotatable bonds is 2. The molecule has 0 spiro atoms. The molecule has 104 valence electrons.